The van der Waals surface area contributed by atoms with Crippen molar-refractivity contribution in [1.82, 2.24) is 31.7 Å². The molecule has 0 radical (unpaired) electrons. The molecule has 1 unspecified atom stereocenters. The predicted molar refractivity (Wildman–Crippen MR) is 179 cm³/mol. The largest absolute Gasteiger partial charge is 0.458 e. The van der Waals surface area contributed by atoms with Crippen molar-refractivity contribution in [1.29, 1.82) is 0 Å². The SMILES string of the molecule is Cc1cc(C(=O)NC(C)C(=O)N[C@H](C(=O)N[C@@H](CC(C)C)C(=O)N[C@@H](/C=C\C(=O)OCc2ccccc2)C[C@H]2CCNC2=O)C(C)C)no1. The highest BCUT2D eigenvalue weighted by Gasteiger charge is 2.33. The number of carbonyl (C=O) groups excluding carboxylic acids is 6. The second kappa shape index (κ2) is 18.5. The molecule has 2 aromatic rings. The maximum Gasteiger partial charge on any atom is 0.330 e. The minimum atomic E-state index is -1.03. The molecule has 1 saturated heterocycles. The lowest BCUT2D eigenvalue weighted by atomic mass is 9.96. The Bertz CT molecular complexity index is 1490. The first kappa shape index (κ1) is 38.4. The number of nitrogens with one attached hydrogen (secondary N) is 5. The highest BCUT2D eigenvalue weighted by molar-refractivity contribution is 5.97. The van der Waals surface area contributed by atoms with Crippen molar-refractivity contribution in [2.24, 2.45) is 17.8 Å². The fourth-order valence-electron chi connectivity index (χ4n) is 5.20. The van der Waals surface area contributed by atoms with Gasteiger partial charge in [0.25, 0.3) is 5.91 Å². The molecule has 5 atom stereocenters. The number of hydrogen-bond acceptors (Lipinski definition) is 9. The number of aromatic nitrogens is 1. The first-order chi connectivity index (χ1) is 23.2. The molecule has 5 amide bonds. The number of rotatable bonds is 17. The molecule has 266 valence electrons. The number of aryl methyl sites for hydroxylation is 1. The van der Waals surface area contributed by atoms with Crippen molar-refractivity contribution < 1.29 is 38.0 Å². The lowest BCUT2D eigenvalue weighted by Gasteiger charge is -2.28. The van der Waals surface area contributed by atoms with E-state index in [-0.39, 0.29) is 48.8 Å². The number of amides is 5. The highest BCUT2D eigenvalue weighted by atomic mass is 16.5. The Balaban J connectivity index is 1.68. The van der Waals surface area contributed by atoms with Crippen LogP contribution in [-0.4, -0.2) is 71.4 Å². The number of hydrogen-bond donors (Lipinski definition) is 5. The molecule has 49 heavy (non-hydrogen) atoms. The van der Waals surface area contributed by atoms with Crippen LogP contribution in [0.15, 0.2) is 53.1 Å². The van der Waals surface area contributed by atoms with Crippen LogP contribution in [-0.2, 0) is 35.3 Å². The summed E-state index contributed by atoms with van der Waals surface area (Å²) in [6, 6.07) is 6.89. The third-order valence-corrected chi connectivity index (χ3v) is 7.91. The minimum absolute atomic E-state index is 0.00103. The van der Waals surface area contributed by atoms with E-state index in [1.54, 1.807) is 20.8 Å². The summed E-state index contributed by atoms with van der Waals surface area (Å²) in [5, 5.41) is 17.3. The molecular formula is C35H48N6O8. The van der Waals surface area contributed by atoms with Crippen molar-refractivity contribution in [2.75, 3.05) is 6.54 Å². The van der Waals surface area contributed by atoms with E-state index in [9.17, 15) is 28.8 Å². The Morgan fingerprint density at radius 2 is 1.69 bits per heavy atom. The summed E-state index contributed by atoms with van der Waals surface area (Å²) >= 11 is 0. The number of benzene rings is 1. The van der Waals surface area contributed by atoms with Crippen LogP contribution in [0.3, 0.4) is 0 Å². The summed E-state index contributed by atoms with van der Waals surface area (Å²) < 4.78 is 10.2. The van der Waals surface area contributed by atoms with Gasteiger partial charge in [0.2, 0.25) is 23.6 Å². The third kappa shape index (κ3) is 12.5. The second-order valence-electron chi connectivity index (χ2n) is 13.0. The van der Waals surface area contributed by atoms with Crippen LogP contribution in [0.25, 0.3) is 0 Å². The second-order valence-corrected chi connectivity index (χ2v) is 13.0. The average Bonchev–Trinajstić information content (AvgIpc) is 3.68. The monoisotopic (exact) mass is 680 g/mol. The molecule has 1 aliphatic rings. The van der Waals surface area contributed by atoms with Gasteiger partial charge in [-0.15, -0.1) is 0 Å². The van der Waals surface area contributed by atoms with Crippen LogP contribution < -0.4 is 26.6 Å². The molecule has 14 heteroatoms. The van der Waals surface area contributed by atoms with Gasteiger partial charge in [0.15, 0.2) is 5.69 Å². The molecule has 2 heterocycles. The third-order valence-electron chi connectivity index (χ3n) is 7.91. The average molecular weight is 681 g/mol. The molecular weight excluding hydrogens is 632 g/mol. The number of esters is 1. The van der Waals surface area contributed by atoms with Gasteiger partial charge in [0, 0.05) is 30.6 Å². The molecule has 0 aliphatic carbocycles. The zero-order chi connectivity index (χ0) is 36.1. The van der Waals surface area contributed by atoms with Gasteiger partial charge >= 0.3 is 5.97 Å². The van der Waals surface area contributed by atoms with Gasteiger partial charge in [0.05, 0.1) is 0 Å². The van der Waals surface area contributed by atoms with Crippen molar-refractivity contribution >= 4 is 35.5 Å². The summed E-state index contributed by atoms with van der Waals surface area (Å²) in [5.41, 5.74) is 0.837. The zero-order valence-corrected chi connectivity index (χ0v) is 28.9. The smallest absolute Gasteiger partial charge is 0.330 e. The summed E-state index contributed by atoms with van der Waals surface area (Å²) in [5.74, 6) is -3.35. The standard InChI is InChI=1S/C35H48N6O8/c1-20(2)16-27(39-35(47)30(21(3)4)40-31(43)23(6)37-34(46)28-17-22(5)49-41-28)33(45)38-26(18-25-14-15-36-32(25)44)12-13-29(42)48-19-24-10-8-7-9-11-24/h7-13,17,20-21,23,25-27,30H,14-16,18-19H2,1-6H3,(H,36,44)(H,37,46)(H,38,45)(H,39,47)(H,40,43)/b13-12-/t23?,25-,26+,27+,30+/m1/s1. The van der Waals surface area contributed by atoms with Crippen molar-refractivity contribution in [3.8, 4) is 0 Å². The Hall–Kier alpha value is -5.01. The maximum absolute atomic E-state index is 13.7. The van der Waals surface area contributed by atoms with E-state index in [4.69, 9.17) is 9.26 Å². The van der Waals surface area contributed by atoms with Crippen LogP contribution in [0.1, 0.15) is 75.7 Å². The first-order valence-electron chi connectivity index (χ1n) is 16.5. The quantitative estimate of drug-likeness (QED) is 0.123. The normalized spacial score (nSPS) is 16.8. The van der Waals surface area contributed by atoms with Crippen molar-refractivity contribution in [2.45, 2.75) is 91.6 Å². The fraction of sp³-hybridized carbons (Fsp3) is 0.514. The van der Waals surface area contributed by atoms with Gasteiger partial charge in [0.1, 0.15) is 30.5 Å². The van der Waals surface area contributed by atoms with Crippen LogP contribution >= 0.6 is 0 Å². The van der Waals surface area contributed by atoms with Gasteiger partial charge < -0.3 is 35.8 Å². The molecule has 1 aromatic heterocycles. The Morgan fingerprint density at radius 1 is 0.980 bits per heavy atom. The van der Waals surface area contributed by atoms with Gasteiger partial charge in [-0.1, -0.05) is 69.3 Å². The topological polar surface area (TPSA) is 198 Å². The molecule has 0 saturated carbocycles. The maximum atomic E-state index is 13.7. The van der Waals surface area contributed by atoms with E-state index >= 15 is 0 Å². The zero-order valence-electron chi connectivity index (χ0n) is 28.9. The van der Waals surface area contributed by atoms with Crippen LogP contribution in [0.5, 0.6) is 0 Å². The van der Waals surface area contributed by atoms with Gasteiger partial charge in [-0.2, -0.15) is 0 Å². The lowest BCUT2D eigenvalue weighted by Crippen LogP contribution is -2.58. The van der Waals surface area contributed by atoms with E-state index < -0.39 is 53.8 Å². The van der Waals surface area contributed by atoms with E-state index in [1.165, 1.54) is 25.1 Å². The molecule has 1 aromatic carbocycles. The van der Waals surface area contributed by atoms with Crippen LogP contribution in [0, 0.1) is 24.7 Å². The van der Waals surface area contributed by atoms with Crippen molar-refractivity contribution in [3.05, 3.63) is 65.6 Å². The molecule has 0 bridgehead atoms. The summed E-state index contributed by atoms with van der Waals surface area (Å²) in [6.07, 6.45) is 3.82. The van der Waals surface area contributed by atoms with Gasteiger partial charge in [-0.05, 0) is 50.5 Å². The number of ether oxygens (including phenoxy) is 1. The molecule has 14 nitrogen and oxygen atoms in total. The van der Waals surface area contributed by atoms with Gasteiger partial charge in [-0.25, -0.2) is 4.79 Å². The van der Waals surface area contributed by atoms with E-state index in [1.807, 2.05) is 44.2 Å². The molecule has 3 rings (SSSR count). The first-order valence-corrected chi connectivity index (χ1v) is 16.5. The summed E-state index contributed by atoms with van der Waals surface area (Å²) in [6.45, 7) is 11.0. The van der Waals surface area contributed by atoms with Gasteiger partial charge in [-0.3, -0.25) is 24.0 Å². The Kier molecular flexibility index (Phi) is 14.5. The highest BCUT2D eigenvalue weighted by Crippen LogP contribution is 2.18. The lowest BCUT2D eigenvalue weighted by molar-refractivity contribution is -0.139. The Morgan fingerprint density at radius 3 is 2.29 bits per heavy atom. The van der Waals surface area contributed by atoms with E-state index in [0.717, 1.165) is 5.56 Å². The molecule has 1 aliphatic heterocycles. The number of carbonyl (C=O) groups is 6. The van der Waals surface area contributed by atoms with E-state index in [0.29, 0.717) is 18.7 Å². The predicted octanol–water partition coefficient (Wildman–Crippen LogP) is 2.08. The van der Waals surface area contributed by atoms with E-state index in [2.05, 4.69) is 31.7 Å². The molecule has 1 fully saturated rings. The fourth-order valence-corrected chi connectivity index (χ4v) is 5.20. The summed E-state index contributed by atoms with van der Waals surface area (Å²) in [7, 11) is 0. The Labute approximate surface area is 286 Å². The molecule has 5 N–H and O–H groups in total. The minimum Gasteiger partial charge on any atom is -0.458 e. The van der Waals surface area contributed by atoms with Crippen LogP contribution in [0.2, 0.25) is 0 Å². The number of nitrogens with zero attached hydrogens (tertiary/aromatic N) is 1. The summed E-state index contributed by atoms with van der Waals surface area (Å²) in [4.78, 5) is 77.6. The molecule has 0 spiro atoms. The van der Waals surface area contributed by atoms with Crippen LogP contribution in [0.4, 0.5) is 0 Å². The van der Waals surface area contributed by atoms with Crippen molar-refractivity contribution in [3.63, 3.8) is 0 Å².